The number of esters is 2. The van der Waals surface area contributed by atoms with E-state index >= 15 is 0 Å². The minimum absolute atomic E-state index is 0.155. The Morgan fingerprint density at radius 1 is 0.763 bits per heavy atom. The molecule has 2 aliphatic heterocycles. The summed E-state index contributed by atoms with van der Waals surface area (Å²) in [5.41, 5.74) is 1.02. The van der Waals surface area contributed by atoms with Gasteiger partial charge in [-0.05, 0) is 24.3 Å². The number of ether oxygens (including phenoxy) is 5. The van der Waals surface area contributed by atoms with Gasteiger partial charge in [0.05, 0.1) is 17.7 Å². The highest BCUT2D eigenvalue weighted by Crippen LogP contribution is 2.40. The first-order valence-electron chi connectivity index (χ1n) is 12.6. The van der Waals surface area contributed by atoms with E-state index in [0.29, 0.717) is 11.1 Å². The van der Waals surface area contributed by atoms with E-state index in [1.54, 1.807) is 48.5 Å². The molecule has 38 heavy (non-hydrogen) atoms. The van der Waals surface area contributed by atoms with Crippen LogP contribution in [0.4, 0.5) is 0 Å². The van der Waals surface area contributed by atoms with Crippen LogP contribution in [0.5, 0.6) is 0 Å². The fourth-order valence-electron chi connectivity index (χ4n) is 4.50. The summed E-state index contributed by atoms with van der Waals surface area (Å²) in [5, 5.41) is 0.155. The van der Waals surface area contributed by atoms with Crippen LogP contribution in [0.2, 0.25) is 0 Å². The average Bonchev–Trinajstić information content (AvgIpc) is 2.95. The molecule has 0 radical (unpaired) electrons. The summed E-state index contributed by atoms with van der Waals surface area (Å²) in [6.45, 7) is 4.29. The zero-order valence-corrected chi connectivity index (χ0v) is 22.0. The van der Waals surface area contributed by atoms with Crippen LogP contribution >= 0.6 is 11.8 Å². The summed E-state index contributed by atoms with van der Waals surface area (Å²) in [6, 6.07) is 27.0. The second kappa shape index (κ2) is 12.1. The molecule has 0 spiro atoms. The Labute approximate surface area is 226 Å². The predicted molar refractivity (Wildman–Crippen MR) is 143 cm³/mol. The second-order valence-corrected chi connectivity index (χ2v) is 11.1. The Balaban J connectivity index is 1.48. The van der Waals surface area contributed by atoms with Crippen LogP contribution < -0.4 is 0 Å². The first-order chi connectivity index (χ1) is 18.5. The minimum Gasteiger partial charge on any atom is -0.452 e. The molecule has 0 saturated carbocycles. The van der Waals surface area contributed by atoms with Crippen molar-refractivity contribution in [2.24, 2.45) is 0 Å². The maximum Gasteiger partial charge on any atom is 0.338 e. The Bertz CT molecular complexity index is 1210. The van der Waals surface area contributed by atoms with Gasteiger partial charge < -0.3 is 23.7 Å². The smallest absolute Gasteiger partial charge is 0.338 e. The fourth-order valence-corrected chi connectivity index (χ4v) is 5.60. The van der Waals surface area contributed by atoms with E-state index in [2.05, 4.69) is 0 Å². The monoisotopic (exact) mass is 534 g/mol. The second-order valence-electron chi connectivity index (χ2n) is 9.38. The first-order valence-corrected chi connectivity index (χ1v) is 13.6. The molecule has 198 valence electrons. The third-order valence-corrected chi connectivity index (χ3v) is 7.46. The van der Waals surface area contributed by atoms with Crippen LogP contribution in [0.3, 0.4) is 0 Å². The maximum atomic E-state index is 13.3. The highest BCUT2D eigenvalue weighted by molar-refractivity contribution is 8.00. The van der Waals surface area contributed by atoms with E-state index in [1.807, 2.05) is 56.3 Å². The molecule has 0 aromatic heterocycles. The first kappa shape index (κ1) is 26.4. The normalized spacial score (nSPS) is 26.8. The number of fused-ring (bicyclic) bond motifs is 1. The summed E-state index contributed by atoms with van der Waals surface area (Å²) in [5.74, 6) is -1.06. The molecule has 7 nitrogen and oxygen atoms in total. The van der Waals surface area contributed by atoms with Gasteiger partial charge in [0.25, 0.3) is 0 Å². The van der Waals surface area contributed by atoms with E-state index in [0.717, 1.165) is 5.56 Å². The Morgan fingerprint density at radius 3 is 1.84 bits per heavy atom. The lowest BCUT2D eigenvalue weighted by molar-refractivity contribution is -0.317. The van der Waals surface area contributed by atoms with Crippen molar-refractivity contribution in [1.29, 1.82) is 0 Å². The largest absolute Gasteiger partial charge is 0.452 e. The molecule has 8 heteroatoms. The Morgan fingerprint density at radius 2 is 1.29 bits per heavy atom. The van der Waals surface area contributed by atoms with E-state index in [1.165, 1.54) is 11.8 Å². The van der Waals surface area contributed by atoms with Crippen molar-refractivity contribution in [1.82, 2.24) is 0 Å². The molecule has 2 fully saturated rings. The number of benzene rings is 3. The summed E-state index contributed by atoms with van der Waals surface area (Å²) in [6.07, 6.45) is -3.77. The van der Waals surface area contributed by atoms with Gasteiger partial charge in [-0.1, -0.05) is 80.6 Å². The molecule has 3 aromatic rings. The molecule has 2 saturated heterocycles. The standard InChI is InChI=1S/C30H30O7S/c1-19(2)38-30-26(36-28(32)21-14-8-4-9-15-21)25(35-27(31)20-12-6-3-7-13-20)24-23(34-30)18-33-29(37-24)22-16-10-5-11-17-22/h3-17,19,23-26,29-30H,18H2,1-2H3/t23-,24+,25+,26-,29?,30+/m1/s1. The number of hydrogen-bond donors (Lipinski definition) is 0. The van der Waals surface area contributed by atoms with E-state index in [9.17, 15) is 9.59 Å². The molecule has 0 N–H and O–H groups in total. The minimum atomic E-state index is -0.930. The third kappa shape index (κ3) is 6.10. The van der Waals surface area contributed by atoms with Crippen molar-refractivity contribution in [2.45, 2.75) is 55.2 Å². The van der Waals surface area contributed by atoms with E-state index < -0.39 is 48.1 Å². The number of carbonyl (C=O) groups is 2. The molecule has 3 aromatic carbocycles. The molecule has 5 rings (SSSR count). The molecule has 2 heterocycles. The number of carbonyl (C=O) groups excluding carboxylic acids is 2. The van der Waals surface area contributed by atoms with Gasteiger partial charge in [0.1, 0.15) is 17.6 Å². The Hall–Kier alpha value is -3.17. The van der Waals surface area contributed by atoms with Crippen molar-refractivity contribution >= 4 is 23.7 Å². The van der Waals surface area contributed by atoms with Gasteiger partial charge in [0.2, 0.25) is 0 Å². The lowest BCUT2D eigenvalue weighted by atomic mass is 9.98. The number of hydrogen-bond acceptors (Lipinski definition) is 8. The van der Waals surface area contributed by atoms with Crippen molar-refractivity contribution in [2.75, 3.05) is 6.61 Å². The van der Waals surface area contributed by atoms with Gasteiger partial charge in [0.15, 0.2) is 18.5 Å². The van der Waals surface area contributed by atoms with E-state index in [4.69, 9.17) is 23.7 Å². The molecule has 6 atom stereocenters. The lowest BCUT2D eigenvalue weighted by Crippen LogP contribution is -2.63. The van der Waals surface area contributed by atoms with Gasteiger partial charge in [-0.15, -0.1) is 11.8 Å². The molecular formula is C30H30O7S. The summed E-state index contributed by atoms with van der Waals surface area (Å²) < 4.78 is 30.9. The average molecular weight is 535 g/mol. The molecule has 1 unspecified atom stereocenters. The van der Waals surface area contributed by atoms with Crippen LogP contribution in [0.25, 0.3) is 0 Å². The summed E-state index contributed by atoms with van der Waals surface area (Å²) in [4.78, 5) is 26.5. The van der Waals surface area contributed by atoms with E-state index in [-0.39, 0.29) is 11.9 Å². The maximum absolute atomic E-state index is 13.3. The molecule has 0 amide bonds. The highest BCUT2D eigenvalue weighted by atomic mass is 32.2. The predicted octanol–water partition coefficient (Wildman–Crippen LogP) is 5.42. The number of thioether (sulfide) groups is 1. The lowest BCUT2D eigenvalue weighted by Gasteiger charge is -2.48. The van der Waals surface area contributed by atoms with Crippen molar-refractivity contribution in [3.63, 3.8) is 0 Å². The van der Waals surface area contributed by atoms with Gasteiger partial charge in [-0.2, -0.15) is 0 Å². The van der Waals surface area contributed by atoms with Gasteiger partial charge in [-0.25, -0.2) is 9.59 Å². The van der Waals surface area contributed by atoms with Crippen molar-refractivity contribution < 1.29 is 33.3 Å². The van der Waals surface area contributed by atoms with Crippen LogP contribution in [0.1, 0.15) is 46.4 Å². The summed E-state index contributed by atoms with van der Waals surface area (Å²) >= 11 is 1.50. The van der Waals surface area contributed by atoms with Gasteiger partial charge >= 0.3 is 11.9 Å². The highest BCUT2D eigenvalue weighted by Gasteiger charge is 2.54. The number of rotatable bonds is 7. The van der Waals surface area contributed by atoms with Crippen LogP contribution in [0, 0.1) is 0 Å². The zero-order valence-electron chi connectivity index (χ0n) is 21.2. The van der Waals surface area contributed by atoms with Crippen LogP contribution in [-0.4, -0.2) is 53.6 Å². The topological polar surface area (TPSA) is 80.3 Å². The van der Waals surface area contributed by atoms with Crippen molar-refractivity contribution in [3.05, 3.63) is 108 Å². The molecule has 2 aliphatic rings. The van der Waals surface area contributed by atoms with Crippen molar-refractivity contribution in [3.8, 4) is 0 Å². The summed E-state index contributed by atoms with van der Waals surface area (Å²) in [7, 11) is 0. The SMILES string of the molecule is CC(C)S[C@@H]1O[C@@H]2COC(c3ccccc3)O[C@@H]2[C@H](OC(=O)c2ccccc2)[C@H]1OC(=O)c1ccccc1. The van der Waals surface area contributed by atoms with Crippen LogP contribution in [0.15, 0.2) is 91.0 Å². The third-order valence-electron chi connectivity index (χ3n) is 6.27. The fraction of sp³-hybridized carbons (Fsp3) is 0.333. The quantitative estimate of drug-likeness (QED) is 0.372. The molecule has 0 bridgehead atoms. The Kier molecular flexibility index (Phi) is 8.44. The molecular weight excluding hydrogens is 504 g/mol. The van der Waals surface area contributed by atoms with Gasteiger partial charge in [-0.3, -0.25) is 0 Å². The zero-order chi connectivity index (χ0) is 26.5. The molecule has 0 aliphatic carbocycles. The van der Waals surface area contributed by atoms with Crippen LogP contribution in [-0.2, 0) is 23.7 Å². The van der Waals surface area contributed by atoms with Gasteiger partial charge in [0, 0.05) is 10.8 Å².